The van der Waals surface area contributed by atoms with E-state index in [1.165, 1.54) is 20.2 Å². The second kappa shape index (κ2) is 7.42. The number of anilines is 1. The van der Waals surface area contributed by atoms with Crippen molar-refractivity contribution in [1.29, 1.82) is 0 Å². The van der Waals surface area contributed by atoms with Gasteiger partial charge in [-0.3, -0.25) is 4.79 Å². The molecule has 0 bridgehead atoms. The van der Waals surface area contributed by atoms with Crippen LogP contribution in [0.3, 0.4) is 0 Å². The molecule has 0 radical (unpaired) electrons. The van der Waals surface area contributed by atoms with Gasteiger partial charge >= 0.3 is 5.97 Å². The van der Waals surface area contributed by atoms with E-state index in [9.17, 15) is 13.2 Å². The number of nitrogens with one attached hydrogen (secondary N) is 1. The Balaban J connectivity index is 3.10. The molecule has 1 rings (SSSR count). The molecule has 0 aliphatic rings. The van der Waals surface area contributed by atoms with Crippen LogP contribution in [0.15, 0.2) is 29.2 Å². The van der Waals surface area contributed by atoms with Crippen LogP contribution in [0, 0.1) is 0 Å². The summed E-state index contributed by atoms with van der Waals surface area (Å²) in [5, 5.41) is 12.0. The number of nitrogens with zero attached hydrogens (tertiary/aromatic N) is 1. The highest BCUT2D eigenvalue weighted by atomic mass is 32.2. The fourth-order valence-corrected chi connectivity index (χ4v) is 3.06. The van der Waals surface area contributed by atoms with Gasteiger partial charge in [0.05, 0.1) is 12.1 Å². The minimum atomic E-state index is -3.57. The minimum absolute atomic E-state index is 0.0514. The van der Waals surface area contributed by atoms with Crippen molar-refractivity contribution in [3.05, 3.63) is 24.3 Å². The number of hydrogen-bond donors (Lipinski definition) is 2. The minimum Gasteiger partial charge on any atom is -0.481 e. The van der Waals surface area contributed by atoms with Gasteiger partial charge in [0, 0.05) is 20.1 Å². The van der Waals surface area contributed by atoms with Crippen molar-refractivity contribution in [2.75, 3.05) is 19.4 Å². The van der Waals surface area contributed by atoms with Crippen LogP contribution in [0.4, 0.5) is 5.69 Å². The van der Waals surface area contributed by atoms with Crippen LogP contribution in [-0.2, 0) is 14.8 Å². The van der Waals surface area contributed by atoms with Crippen LogP contribution in [-0.4, -0.2) is 43.9 Å². The third-order valence-corrected chi connectivity index (χ3v) is 4.94. The first kappa shape index (κ1) is 17.5. The number of carboxylic acid groups (broad SMARTS) is 1. The maximum absolute atomic E-state index is 12.3. The molecule has 0 fully saturated rings. The maximum atomic E-state index is 12.3. The van der Waals surface area contributed by atoms with Crippen LogP contribution in [0.1, 0.15) is 26.2 Å². The number of benzene rings is 1. The highest BCUT2D eigenvalue weighted by Crippen LogP contribution is 2.25. The van der Waals surface area contributed by atoms with Crippen LogP contribution < -0.4 is 5.32 Å². The molecule has 0 saturated carbocycles. The summed E-state index contributed by atoms with van der Waals surface area (Å²) in [6.07, 6.45) is 1.42. The van der Waals surface area contributed by atoms with Gasteiger partial charge in [-0.05, 0) is 18.6 Å². The number of carbonyl (C=O) groups is 1. The van der Waals surface area contributed by atoms with Gasteiger partial charge in [0.2, 0.25) is 10.0 Å². The van der Waals surface area contributed by atoms with Crippen LogP contribution in [0.25, 0.3) is 0 Å². The zero-order chi connectivity index (χ0) is 16.0. The molecule has 21 heavy (non-hydrogen) atoms. The Morgan fingerprint density at radius 3 is 2.48 bits per heavy atom. The number of rotatable bonds is 8. The van der Waals surface area contributed by atoms with Gasteiger partial charge in [-0.2, -0.15) is 0 Å². The highest BCUT2D eigenvalue weighted by Gasteiger charge is 2.22. The van der Waals surface area contributed by atoms with Crippen molar-refractivity contribution >= 4 is 21.7 Å². The standard InChI is InChI=1S/C14H22N2O4S/c1-4-7-11(10-14(17)18)15-12-8-5-6-9-13(12)21(19,20)16(2)3/h5-6,8-9,11,15H,4,7,10H2,1-3H3,(H,17,18). The number of sulfonamides is 1. The van der Waals surface area contributed by atoms with Gasteiger partial charge in [-0.25, -0.2) is 12.7 Å². The smallest absolute Gasteiger partial charge is 0.305 e. The van der Waals surface area contributed by atoms with E-state index < -0.39 is 16.0 Å². The van der Waals surface area contributed by atoms with Gasteiger partial charge in [-0.15, -0.1) is 0 Å². The Labute approximate surface area is 125 Å². The van der Waals surface area contributed by atoms with Crippen LogP contribution in [0.2, 0.25) is 0 Å². The molecule has 0 saturated heterocycles. The maximum Gasteiger partial charge on any atom is 0.305 e. The van der Waals surface area contributed by atoms with Crippen LogP contribution in [0.5, 0.6) is 0 Å². The van der Waals surface area contributed by atoms with E-state index in [2.05, 4.69) is 5.32 Å². The fraction of sp³-hybridized carbons (Fsp3) is 0.500. The average Bonchev–Trinajstić information content (AvgIpc) is 2.38. The zero-order valence-electron chi connectivity index (χ0n) is 12.5. The SMILES string of the molecule is CCCC(CC(=O)O)Nc1ccccc1S(=O)(=O)N(C)C. The summed E-state index contributed by atoms with van der Waals surface area (Å²) in [5.41, 5.74) is 0.436. The van der Waals surface area contributed by atoms with E-state index in [0.29, 0.717) is 12.1 Å². The lowest BCUT2D eigenvalue weighted by Gasteiger charge is -2.21. The molecule has 0 amide bonds. The molecule has 0 aliphatic heterocycles. The van der Waals surface area contributed by atoms with Gasteiger partial charge < -0.3 is 10.4 Å². The summed E-state index contributed by atoms with van der Waals surface area (Å²) in [6.45, 7) is 1.96. The number of carboxylic acids is 1. The van der Waals surface area contributed by atoms with E-state index in [-0.39, 0.29) is 17.4 Å². The Kier molecular flexibility index (Phi) is 6.17. The molecule has 1 aromatic rings. The van der Waals surface area contributed by atoms with Crippen molar-refractivity contribution < 1.29 is 18.3 Å². The predicted molar refractivity (Wildman–Crippen MR) is 81.9 cm³/mol. The second-order valence-electron chi connectivity index (χ2n) is 5.01. The van der Waals surface area contributed by atoms with Crippen molar-refractivity contribution in [3.8, 4) is 0 Å². The largest absolute Gasteiger partial charge is 0.481 e. The van der Waals surface area contributed by atoms with Gasteiger partial charge in [0.15, 0.2) is 0 Å². The first-order valence-corrected chi connectivity index (χ1v) is 8.23. The third-order valence-electron chi connectivity index (χ3n) is 3.06. The van der Waals surface area contributed by atoms with Gasteiger partial charge in [-0.1, -0.05) is 25.5 Å². The van der Waals surface area contributed by atoms with Crippen molar-refractivity contribution in [2.24, 2.45) is 0 Å². The van der Waals surface area contributed by atoms with E-state index in [1.807, 2.05) is 6.92 Å². The normalized spacial score (nSPS) is 13.1. The van der Waals surface area contributed by atoms with Crippen LogP contribution >= 0.6 is 0 Å². The molecular formula is C14H22N2O4S. The summed E-state index contributed by atoms with van der Waals surface area (Å²) in [7, 11) is -0.643. The molecular weight excluding hydrogens is 292 g/mol. The first-order valence-electron chi connectivity index (χ1n) is 6.79. The lowest BCUT2D eigenvalue weighted by molar-refractivity contribution is -0.137. The molecule has 1 unspecified atom stereocenters. The lowest BCUT2D eigenvalue weighted by Crippen LogP contribution is -2.27. The molecule has 118 valence electrons. The molecule has 1 atom stereocenters. The molecule has 0 heterocycles. The van der Waals surface area contributed by atoms with Gasteiger partial charge in [0.1, 0.15) is 4.90 Å². The van der Waals surface area contributed by atoms with Crippen molar-refractivity contribution in [2.45, 2.75) is 37.1 Å². The monoisotopic (exact) mass is 314 g/mol. The second-order valence-corrected chi connectivity index (χ2v) is 7.13. The third kappa shape index (κ3) is 4.71. The van der Waals surface area contributed by atoms with E-state index in [0.717, 1.165) is 10.7 Å². The zero-order valence-corrected chi connectivity index (χ0v) is 13.4. The Hall–Kier alpha value is -1.60. The summed E-state index contributed by atoms with van der Waals surface area (Å²) in [6, 6.07) is 6.24. The van der Waals surface area contributed by atoms with E-state index >= 15 is 0 Å². The summed E-state index contributed by atoms with van der Waals surface area (Å²) in [4.78, 5) is 11.1. The summed E-state index contributed by atoms with van der Waals surface area (Å²) >= 11 is 0. The lowest BCUT2D eigenvalue weighted by atomic mass is 10.1. The molecule has 0 spiro atoms. The van der Waals surface area contributed by atoms with Crippen molar-refractivity contribution in [3.63, 3.8) is 0 Å². The highest BCUT2D eigenvalue weighted by molar-refractivity contribution is 7.89. The van der Waals surface area contributed by atoms with Gasteiger partial charge in [0.25, 0.3) is 0 Å². The first-order chi connectivity index (χ1) is 9.78. The Morgan fingerprint density at radius 2 is 1.95 bits per heavy atom. The molecule has 2 N–H and O–H groups in total. The molecule has 0 aliphatic carbocycles. The average molecular weight is 314 g/mol. The predicted octanol–water partition coefficient (Wildman–Crippen LogP) is 1.99. The quantitative estimate of drug-likeness (QED) is 0.766. The molecule has 7 heteroatoms. The topological polar surface area (TPSA) is 86.7 Å². The number of hydrogen-bond acceptors (Lipinski definition) is 4. The molecule has 6 nitrogen and oxygen atoms in total. The van der Waals surface area contributed by atoms with E-state index in [1.54, 1.807) is 18.2 Å². The summed E-state index contributed by atoms with van der Waals surface area (Å²) < 4.78 is 25.7. The summed E-state index contributed by atoms with van der Waals surface area (Å²) in [5.74, 6) is -0.908. The van der Waals surface area contributed by atoms with E-state index in [4.69, 9.17) is 5.11 Å². The molecule has 0 aromatic heterocycles. The Morgan fingerprint density at radius 1 is 1.33 bits per heavy atom. The number of para-hydroxylation sites is 1. The van der Waals surface area contributed by atoms with Crippen molar-refractivity contribution in [1.82, 2.24) is 4.31 Å². The fourth-order valence-electron chi connectivity index (χ4n) is 2.01. The Bertz CT molecular complexity index is 584. The molecule has 1 aromatic carbocycles. The number of aliphatic carboxylic acids is 1.